The summed E-state index contributed by atoms with van der Waals surface area (Å²) in [5.41, 5.74) is 1.82. The minimum absolute atomic E-state index is 0.410. The molecule has 0 unspecified atom stereocenters. The van der Waals surface area contributed by atoms with Crippen molar-refractivity contribution >= 4 is 0 Å². The third-order valence-corrected chi connectivity index (χ3v) is 4.84. The van der Waals surface area contributed by atoms with Crippen LogP contribution < -0.4 is 0 Å². The van der Waals surface area contributed by atoms with Crippen molar-refractivity contribution in [3.8, 4) is 0 Å². The largest absolute Gasteiger partial charge is 0.0596 e. The molecule has 1 aliphatic rings. The summed E-state index contributed by atoms with van der Waals surface area (Å²) < 4.78 is 0. The molecule has 1 aliphatic carbocycles. The van der Waals surface area contributed by atoms with E-state index in [-0.39, 0.29) is 0 Å². The van der Waals surface area contributed by atoms with Crippen LogP contribution in [0.1, 0.15) is 68.2 Å². The van der Waals surface area contributed by atoms with E-state index >= 15 is 0 Å². The number of hydrogen-bond acceptors (Lipinski definition) is 0. The fourth-order valence-corrected chi connectivity index (χ4v) is 4.78. The van der Waals surface area contributed by atoms with Crippen molar-refractivity contribution in [2.75, 3.05) is 0 Å². The summed E-state index contributed by atoms with van der Waals surface area (Å²) in [6.45, 7) is 19.4. The highest BCUT2D eigenvalue weighted by molar-refractivity contribution is 5.12. The van der Waals surface area contributed by atoms with Crippen LogP contribution in [-0.2, 0) is 0 Å². The fourth-order valence-electron chi connectivity index (χ4n) is 4.78. The van der Waals surface area contributed by atoms with E-state index in [1.54, 1.807) is 0 Å². The van der Waals surface area contributed by atoms with Gasteiger partial charge in [0.2, 0.25) is 0 Å². The summed E-state index contributed by atoms with van der Waals surface area (Å²) in [6, 6.07) is 0. The Kier molecular flexibility index (Phi) is 2.39. The molecular weight excluding hydrogens is 168 g/mol. The van der Waals surface area contributed by atoms with E-state index < -0.39 is 0 Å². The summed E-state index contributed by atoms with van der Waals surface area (Å²) in [4.78, 5) is 0. The highest BCUT2D eigenvalue weighted by atomic mass is 14.7. The molecule has 0 heterocycles. The van der Waals surface area contributed by atoms with E-state index in [4.69, 9.17) is 0 Å². The summed E-state index contributed by atoms with van der Waals surface area (Å²) in [5, 5.41) is 0. The third kappa shape index (κ3) is 1.26. The van der Waals surface area contributed by atoms with Crippen molar-refractivity contribution in [3.63, 3.8) is 0 Å². The van der Waals surface area contributed by atoms with Crippen molar-refractivity contribution in [2.24, 2.45) is 21.7 Å². The van der Waals surface area contributed by atoms with Gasteiger partial charge in [0, 0.05) is 0 Å². The SMILES string of the molecule is CC(C)(C)C1(C(C)(C)C)CCC1(C)C. The Labute approximate surface area is 90.5 Å². The molecule has 0 aromatic carbocycles. The van der Waals surface area contributed by atoms with Crippen LogP contribution in [0.15, 0.2) is 0 Å². The molecule has 1 rings (SSSR count). The van der Waals surface area contributed by atoms with Crippen LogP contribution in [-0.4, -0.2) is 0 Å². The van der Waals surface area contributed by atoms with Gasteiger partial charge in [0.1, 0.15) is 0 Å². The van der Waals surface area contributed by atoms with Gasteiger partial charge in [-0.05, 0) is 34.5 Å². The number of hydrogen-bond donors (Lipinski definition) is 0. The first-order valence-corrected chi connectivity index (χ1v) is 5.96. The molecule has 0 saturated heterocycles. The topological polar surface area (TPSA) is 0 Å². The zero-order valence-electron chi connectivity index (χ0n) is 11.4. The molecule has 1 saturated carbocycles. The minimum atomic E-state index is 0.410. The Morgan fingerprint density at radius 2 is 1.07 bits per heavy atom. The highest BCUT2D eigenvalue weighted by Gasteiger charge is 2.64. The van der Waals surface area contributed by atoms with E-state index in [9.17, 15) is 0 Å². The fraction of sp³-hybridized carbons (Fsp3) is 1.00. The predicted molar refractivity (Wildman–Crippen MR) is 64.4 cm³/mol. The van der Waals surface area contributed by atoms with Crippen molar-refractivity contribution in [2.45, 2.75) is 68.2 Å². The Morgan fingerprint density at radius 1 is 0.714 bits per heavy atom. The zero-order valence-corrected chi connectivity index (χ0v) is 11.4. The molecule has 0 aromatic rings. The standard InChI is InChI=1S/C14H28/c1-11(2,3)14(12(4,5)6)10-9-13(14,7)8/h9-10H2,1-8H3. The van der Waals surface area contributed by atoms with Gasteiger partial charge >= 0.3 is 0 Å². The molecule has 0 aliphatic heterocycles. The van der Waals surface area contributed by atoms with Crippen LogP contribution in [0.3, 0.4) is 0 Å². The monoisotopic (exact) mass is 196 g/mol. The average Bonchev–Trinajstić information content (AvgIpc) is 1.78. The van der Waals surface area contributed by atoms with Gasteiger partial charge in [0.25, 0.3) is 0 Å². The summed E-state index contributed by atoms with van der Waals surface area (Å²) in [6.07, 6.45) is 2.79. The van der Waals surface area contributed by atoms with E-state index in [1.165, 1.54) is 12.8 Å². The second-order valence-electron chi connectivity index (χ2n) is 7.79. The highest BCUT2D eigenvalue weighted by Crippen LogP contribution is 2.72. The van der Waals surface area contributed by atoms with Gasteiger partial charge in [0.15, 0.2) is 0 Å². The lowest BCUT2D eigenvalue weighted by atomic mass is 9.35. The second-order valence-corrected chi connectivity index (χ2v) is 7.79. The smallest absolute Gasteiger partial charge is 0.0149 e. The molecular formula is C14H28. The van der Waals surface area contributed by atoms with Crippen LogP contribution in [0.25, 0.3) is 0 Å². The molecule has 0 N–H and O–H groups in total. The molecule has 0 radical (unpaired) electrons. The van der Waals surface area contributed by atoms with E-state index in [0.29, 0.717) is 21.7 Å². The van der Waals surface area contributed by atoms with E-state index in [1.807, 2.05) is 0 Å². The van der Waals surface area contributed by atoms with Gasteiger partial charge in [-0.25, -0.2) is 0 Å². The molecule has 84 valence electrons. The summed E-state index contributed by atoms with van der Waals surface area (Å²) >= 11 is 0. The molecule has 0 nitrogen and oxygen atoms in total. The quantitative estimate of drug-likeness (QED) is 0.518. The Balaban J connectivity index is 3.20. The summed E-state index contributed by atoms with van der Waals surface area (Å²) in [7, 11) is 0. The maximum Gasteiger partial charge on any atom is -0.0149 e. The van der Waals surface area contributed by atoms with E-state index in [0.717, 1.165) is 0 Å². The lowest BCUT2D eigenvalue weighted by molar-refractivity contribution is -0.205. The third-order valence-electron chi connectivity index (χ3n) is 4.84. The van der Waals surface area contributed by atoms with E-state index in [2.05, 4.69) is 55.4 Å². The molecule has 14 heavy (non-hydrogen) atoms. The Hall–Kier alpha value is 0. The second kappa shape index (κ2) is 2.77. The molecule has 1 fully saturated rings. The van der Waals surface area contributed by atoms with Crippen LogP contribution >= 0.6 is 0 Å². The van der Waals surface area contributed by atoms with Crippen LogP contribution in [0.5, 0.6) is 0 Å². The average molecular weight is 196 g/mol. The van der Waals surface area contributed by atoms with Gasteiger partial charge in [-0.3, -0.25) is 0 Å². The predicted octanol–water partition coefficient (Wildman–Crippen LogP) is 4.89. The normalized spacial score (nSPS) is 25.7. The molecule has 0 heteroatoms. The van der Waals surface area contributed by atoms with Crippen LogP contribution in [0.4, 0.5) is 0 Å². The first-order chi connectivity index (χ1) is 5.96. The first kappa shape index (κ1) is 12.1. The van der Waals surface area contributed by atoms with Gasteiger partial charge in [-0.2, -0.15) is 0 Å². The van der Waals surface area contributed by atoms with Crippen molar-refractivity contribution in [1.29, 1.82) is 0 Å². The van der Waals surface area contributed by atoms with Gasteiger partial charge < -0.3 is 0 Å². The summed E-state index contributed by atoms with van der Waals surface area (Å²) in [5.74, 6) is 0. The maximum absolute atomic E-state index is 2.45. The molecule has 0 aromatic heterocycles. The molecule has 0 bridgehead atoms. The van der Waals surface area contributed by atoms with Crippen molar-refractivity contribution in [3.05, 3.63) is 0 Å². The van der Waals surface area contributed by atoms with Crippen molar-refractivity contribution in [1.82, 2.24) is 0 Å². The van der Waals surface area contributed by atoms with Crippen LogP contribution in [0.2, 0.25) is 0 Å². The van der Waals surface area contributed by atoms with Crippen LogP contribution in [0, 0.1) is 21.7 Å². The molecule has 0 spiro atoms. The lowest BCUT2D eigenvalue weighted by Crippen LogP contribution is -2.62. The maximum atomic E-state index is 2.45. The lowest BCUT2D eigenvalue weighted by Gasteiger charge is -2.69. The Bertz CT molecular complexity index is 189. The molecule has 0 amide bonds. The van der Waals surface area contributed by atoms with Gasteiger partial charge in [-0.15, -0.1) is 0 Å². The van der Waals surface area contributed by atoms with Gasteiger partial charge in [-0.1, -0.05) is 55.4 Å². The first-order valence-electron chi connectivity index (χ1n) is 5.96. The number of rotatable bonds is 0. The van der Waals surface area contributed by atoms with Gasteiger partial charge in [0.05, 0.1) is 0 Å². The zero-order chi connectivity index (χ0) is 11.4. The minimum Gasteiger partial charge on any atom is -0.0596 e. The Morgan fingerprint density at radius 3 is 1.07 bits per heavy atom. The van der Waals surface area contributed by atoms with Crippen molar-refractivity contribution < 1.29 is 0 Å². The molecule has 0 atom stereocenters.